The van der Waals surface area contributed by atoms with Crippen LogP contribution in [-0.4, -0.2) is 67.1 Å². The summed E-state index contributed by atoms with van der Waals surface area (Å²) in [5.41, 5.74) is 5.50. The fourth-order valence-corrected chi connectivity index (χ4v) is 2.40. The summed E-state index contributed by atoms with van der Waals surface area (Å²) in [6, 6.07) is 0. The van der Waals surface area contributed by atoms with E-state index in [1.807, 2.05) is 6.92 Å². The number of nitrogens with zero attached hydrogens (tertiary/aromatic N) is 2. The number of carbonyl (C=O) groups is 1. The van der Waals surface area contributed by atoms with Gasteiger partial charge in [0.05, 0.1) is 5.54 Å². The lowest BCUT2D eigenvalue weighted by molar-refractivity contribution is -0.123. The number of rotatable bonds is 7. The molecule has 0 bridgehead atoms. The highest BCUT2D eigenvalue weighted by Gasteiger charge is 2.28. The molecule has 0 radical (unpaired) electrons. The molecule has 1 fully saturated rings. The third-order valence-electron chi connectivity index (χ3n) is 4.69. The number of hydrogen-bond acceptors (Lipinski definition) is 4. The lowest BCUT2D eigenvalue weighted by atomic mass is 9.88. The monoisotopic (exact) mass is 356 g/mol. The van der Waals surface area contributed by atoms with Gasteiger partial charge in [0.25, 0.3) is 0 Å². The van der Waals surface area contributed by atoms with Crippen LogP contribution >= 0.6 is 24.8 Å². The van der Waals surface area contributed by atoms with E-state index in [0.717, 1.165) is 39.3 Å². The maximum atomic E-state index is 12.1. The molecule has 0 aromatic carbocycles. The summed E-state index contributed by atoms with van der Waals surface area (Å²) in [6.07, 6.45) is 0.564. The van der Waals surface area contributed by atoms with Gasteiger partial charge in [-0.25, -0.2) is 0 Å². The van der Waals surface area contributed by atoms with Gasteiger partial charge in [0, 0.05) is 45.7 Å². The van der Waals surface area contributed by atoms with E-state index in [4.69, 9.17) is 5.73 Å². The Hall–Kier alpha value is -0.0700. The minimum absolute atomic E-state index is 0. The van der Waals surface area contributed by atoms with Crippen molar-refractivity contribution in [3.8, 4) is 0 Å². The van der Waals surface area contributed by atoms with Crippen molar-refractivity contribution >= 4 is 30.7 Å². The topological polar surface area (TPSA) is 61.6 Å². The van der Waals surface area contributed by atoms with Crippen molar-refractivity contribution in [3.05, 3.63) is 0 Å². The van der Waals surface area contributed by atoms with Crippen LogP contribution in [0.1, 0.15) is 34.1 Å². The Bertz CT molecular complexity index is 310. The average molecular weight is 357 g/mol. The summed E-state index contributed by atoms with van der Waals surface area (Å²) in [4.78, 5) is 16.9. The quantitative estimate of drug-likeness (QED) is 0.722. The lowest BCUT2D eigenvalue weighted by Crippen LogP contribution is -2.55. The Morgan fingerprint density at radius 1 is 1.18 bits per heavy atom. The minimum Gasteiger partial charge on any atom is -0.349 e. The summed E-state index contributed by atoms with van der Waals surface area (Å²) in [6.45, 7) is 15.2. The van der Waals surface area contributed by atoms with Crippen LogP contribution in [0.15, 0.2) is 0 Å². The predicted octanol–water partition coefficient (Wildman–Crippen LogP) is 1.35. The number of likely N-dealkylation sites (N-methyl/N-ethyl adjacent to an activating group) is 1. The first-order chi connectivity index (χ1) is 9.41. The van der Waals surface area contributed by atoms with E-state index < -0.39 is 0 Å². The number of piperazine rings is 1. The Labute approximate surface area is 148 Å². The molecule has 22 heavy (non-hydrogen) atoms. The summed E-state index contributed by atoms with van der Waals surface area (Å²) in [5, 5.41) is 3.10. The third-order valence-corrected chi connectivity index (χ3v) is 4.69. The Kier molecular flexibility index (Phi) is 12.6. The van der Waals surface area contributed by atoms with Gasteiger partial charge in [0.15, 0.2) is 0 Å². The Morgan fingerprint density at radius 3 is 2.09 bits per heavy atom. The highest BCUT2D eigenvalue weighted by molar-refractivity contribution is 5.85. The van der Waals surface area contributed by atoms with E-state index in [2.05, 4.69) is 35.9 Å². The predicted molar refractivity (Wildman–Crippen MR) is 98.1 cm³/mol. The average Bonchev–Trinajstić information content (AvgIpc) is 2.45. The van der Waals surface area contributed by atoms with Gasteiger partial charge in [-0.2, -0.15) is 0 Å². The van der Waals surface area contributed by atoms with Gasteiger partial charge in [-0.1, -0.05) is 20.8 Å². The first-order valence-corrected chi connectivity index (χ1v) is 7.87. The van der Waals surface area contributed by atoms with Crippen LogP contribution in [0.25, 0.3) is 0 Å². The van der Waals surface area contributed by atoms with Crippen LogP contribution in [0, 0.1) is 5.92 Å². The number of amides is 1. The van der Waals surface area contributed by atoms with Crippen LogP contribution in [0.3, 0.4) is 0 Å². The van der Waals surface area contributed by atoms with Crippen LogP contribution in [0.2, 0.25) is 0 Å². The highest BCUT2D eigenvalue weighted by Crippen LogP contribution is 2.15. The second kappa shape index (κ2) is 11.5. The summed E-state index contributed by atoms with van der Waals surface area (Å²) < 4.78 is 0. The minimum atomic E-state index is -0.294. The fourth-order valence-electron chi connectivity index (χ4n) is 2.40. The second-order valence-corrected chi connectivity index (χ2v) is 6.35. The zero-order chi connectivity index (χ0) is 15.2. The van der Waals surface area contributed by atoms with E-state index in [9.17, 15) is 4.79 Å². The van der Waals surface area contributed by atoms with Crippen LogP contribution < -0.4 is 11.1 Å². The molecule has 7 heteroatoms. The third kappa shape index (κ3) is 7.47. The van der Waals surface area contributed by atoms with Crippen molar-refractivity contribution in [2.75, 3.05) is 45.8 Å². The van der Waals surface area contributed by atoms with E-state index in [0.29, 0.717) is 18.9 Å². The molecule has 1 aliphatic heterocycles. The molecule has 0 spiro atoms. The summed E-state index contributed by atoms with van der Waals surface area (Å²) >= 11 is 0. The molecule has 1 aliphatic rings. The van der Waals surface area contributed by atoms with Gasteiger partial charge >= 0.3 is 0 Å². The smallest absolute Gasteiger partial charge is 0.221 e. The number of nitrogens with two attached hydrogens (primary N) is 1. The van der Waals surface area contributed by atoms with Gasteiger partial charge < -0.3 is 20.9 Å². The van der Waals surface area contributed by atoms with Crippen LogP contribution in [0.4, 0.5) is 0 Å². The van der Waals surface area contributed by atoms with Gasteiger partial charge in [-0.15, -0.1) is 24.8 Å². The highest BCUT2D eigenvalue weighted by atomic mass is 35.5. The van der Waals surface area contributed by atoms with Crippen molar-refractivity contribution < 1.29 is 4.79 Å². The van der Waals surface area contributed by atoms with Crippen molar-refractivity contribution in [3.63, 3.8) is 0 Å². The van der Waals surface area contributed by atoms with E-state index in [1.54, 1.807) is 0 Å². The molecular formula is C15H34Cl2N4O. The molecule has 0 aromatic heterocycles. The first-order valence-electron chi connectivity index (χ1n) is 7.87. The maximum absolute atomic E-state index is 12.1. The summed E-state index contributed by atoms with van der Waals surface area (Å²) in [7, 11) is 0. The van der Waals surface area contributed by atoms with Gasteiger partial charge in [-0.05, 0) is 19.4 Å². The van der Waals surface area contributed by atoms with Crippen LogP contribution in [-0.2, 0) is 4.79 Å². The summed E-state index contributed by atoms with van der Waals surface area (Å²) in [5.74, 6) is 0.453. The molecule has 1 unspecified atom stereocenters. The number of halogens is 2. The largest absolute Gasteiger partial charge is 0.349 e. The molecule has 0 aromatic rings. The second-order valence-electron chi connectivity index (χ2n) is 6.35. The molecule has 1 rings (SSSR count). The molecule has 1 amide bonds. The standard InChI is InChI=1S/C15H32N4O.2ClH/c1-5-18-8-10-19(11-9-18)7-6-14(20)17-15(4,12-16)13(2)3;;/h13H,5-12,16H2,1-4H3,(H,17,20);2*1H. The van der Waals surface area contributed by atoms with Crippen LogP contribution in [0.5, 0.6) is 0 Å². The number of carbonyl (C=O) groups excluding carboxylic acids is 1. The molecule has 5 nitrogen and oxygen atoms in total. The fraction of sp³-hybridized carbons (Fsp3) is 0.933. The van der Waals surface area contributed by atoms with Crippen molar-refractivity contribution in [2.45, 2.75) is 39.7 Å². The molecule has 1 heterocycles. The maximum Gasteiger partial charge on any atom is 0.221 e. The number of nitrogens with one attached hydrogen (secondary N) is 1. The normalized spacial score (nSPS) is 19.0. The molecule has 0 saturated carbocycles. The molecule has 1 saturated heterocycles. The van der Waals surface area contributed by atoms with Crippen molar-refractivity contribution in [2.24, 2.45) is 11.7 Å². The Morgan fingerprint density at radius 2 is 1.68 bits per heavy atom. The van der Waals surface area contributed by atoms with Gasteiger partial charge in [-0.3, -0.25) is 4.79 Å². The van der Waals surface area contributed by atoms with Gasteiger partial charge in [0.1, 0.15) is 0 Å². The zero-order valence-corrected chi connectivity index (χ0v) is 16.1. The molecule has 0 aliphatic carbocycles. The van der Waals surface area contributed by atoms with E-state index in [-0.39, 0.29) is 36.3 Å². The molecule has 134 valence electrons. The number of hydrogen-bond donors (Lipinski definition) is 2. The molecule has 1 atom stereocenters. The van der Waals surface area contributed by atoms with Gasteiger partial charge in [0.2, 0.25) is 5.91 Å². The van der Waals surface area contributed by atoms with Crippen molar-refractivity contribution in [1.29, 1.82) is 0 Å². The van der Waals surface area contributed by atoms with E-state index in [1.165, 1.54) is 0 Å². The zero-order valence-electron chi connectivity index (χ0n) is 14.4. The molecule has 3 N–H and O–H groups in total. The SMILES string of the molecule is CCN1CCN(CCC(=O)NC(C)(CN)C(C)C)CC1.Cl.Cl. The first kappa shape index (κ1) is 24.2. The Balaban J connectivity index is 0. The lowest BCUT2D eigenvalue weighted by Gasteiger charge is -2.35. The van der Waals surface area contributed by atoms with Crippen molar-refractivity contribution in [1.82, 2.24) is 15.1 Å². The molecular weight excluding hydrogens is 323 g/mol. The van der Waals surface area contributed by atoms with E-state index >= 15 is 0 Å².